The number of methoxy groups -OCH3 is 1. The molecule has 2 amide bonds. The van der Waals surface area contributed by atoms with Gasteiger partial charge in [0, 0.05) is 42.9 Å². The zero-order valence-corrected chi connectivity index (χ0v) is 20.7. The summed E-state index contributed by atoms with van der Waals surface area (Å²) in [6.07, 6.45) is 2.39. The van der Waals surface area contributed by atoms with Crippen molar-refractivity contribution in [2.45, 2.75) is 26.9 Å². The van der Waals surface area contributed by atoms with E-state index in [0.29, 0.717) is 35.8 Å². The number of nitrogens with zero attached hydrogens (tertiary/aromatic N) is 2. The summed E-state index contributed by atoms with van der Waals surface area (Å²) in [7, 11) is 1.59. The molecule has 3 aromatic rings. The third-order valence-corrected chi connectivity index (χ3v) is 6.72. The standard InChI is InChI=1S/C27H27FN2O4S/c1-18-15-21(16-25-26(31)29(27(32)35-25)13-6-14-33-3)19(2)30(18)22-9-11-23(12-10-22)34-17-20-7-4-5-8-24(20)28/h4-5,7-12,15-16H,6,13-14,17H2,1-3H3/b25-16+. The predicted molar refractivity (Wildman–Crippen MR) is 135 cm³/mol. The number of aromatic nitrogens is 1. The first kappa shape index (κ1) is 24.8. The molecule has 1 saturated heterocycles. The number of aryl methyl sites for hydroxylation is 1. The van der Waals surface area contributed by atoms with Crippen molar-refractivity contribution in [1.82, 2.24) is 9.47 Å². The molecule has 1 aliphatic heterocycles. The molecule has 2 aromatic carbocycles. The summed E-state index contributed by atoms with van der Waals surface area (Å²) in [6, 6.07) is 16.1. The Kier molecular flexibility index (Phi) is 7.73. The molecule has 2 heterocycles. The van der Waals surface area contributed by atoms with Crippen molar-refractivity contribution in [2.24, 2.45) is 0 Å². The maximum atomic E-state index is 13.8. The van der Waals surface area contributed by atoms with Crippen LogP contribution in [-0.4, -0.2) is 40.9 Å². The third kappa shape index (κ3) is 5.49. The van der Waals surface area contributed by atoms with E-state index in [9.17, 15) is 14.0 Å². The monoisotopic (exact) mass is 494 g/mol. The van der Waals surface area contributed by atoms with Crippen molar-refractivity contribution in [3.63, 3.8) is 0 Å². The molecule has 0 saturated carbocycles. The Bertz CT molecular complexity index is 1270. The number of carbonyl (C=O) groups is 2. The third-order valence-electron chi connectivity index (χ3n) is 5.81. The van der Waals surface area contributed by atoms with E-state index in [1.807, 2.05) is 44.2 Å². The van der Waals surface area contributed by atoms with Crippen LogP contribution < -0.4 is 4.74 Å². The first-order valence-corrected chi connectivity index (χ1v) is 12.1. The lowest BCUT2D eigenvalue weighted by molar-refractivity contribution is -0.122. The molecule has 0 N–H and O–H groups in total. The van der Waals surface area contributed by atoms with Crippen molar-refractivity contribution < 1.29 is 23.5 Å². The normalized spacial score (nSPS) is 14.9. The van der Waals surface area contributed by atoms with Gasteiger partial charge in [0.15, 0.2) is 0 Å². The summed E-state index contributed by atoms with van der Waals surface area (Å²) in [5, 5.41) is -0.253. The summed E-state index contributed by atoms with van der Waals surface area (Å²) in [5.41, 5.74) is 4.26. The number of hydrogen-bond donors (Lipinski definition) is 0. The molecule has 0 radical (unpaired) electrons. The van der Waals surface area contributed by atoms with Gasteiger partial charge in [0.25, 0.3) is 11.1 Å². The molecular formula is C27H27FN2O4S. The predicted octanol–water partition coefficient (Wildman–Crippen LogP) is 5.89. The Balaban J connectivity index is 1.49. The molecule has 6 nitrogen and oxygen atoms in total. The van der Waals surface area contributed by atoms with Gasteiger partial charge in [-0.1, -0.05) is 18.2 Å². The van der Waals surface area contributed by atoms with E-state index in [1.165, 1.54) is 11.0 Å². The van der Waals surface area contributed by atoms with Crippen LogP contribution in [0.5, 0.6) is 5.75 Å². The van der Waals surface area contributed by atoms with Crippen LogP contribution in [0.2, 0.25) is 0 Å². The van der Waals surface area contributed by atoms with Crippen LogP contribution in [0.4, 0.5) is 9.18 Å². The molecule has 1 aliphatic rings. The van der Waals surface area contributed by atoms with Gasteiger partial charge >= 0.3 is 0 Å². The second kappa shape index (κ2) is 10.9. The summed E-state index contributed by atoms with van der Waals surface area (Å²) in [5.74, 6) is 0.0853. The number of rotatable bonds is 9. The smallest absolute Gasteiger partial charge is 0.293 e. The minimum Gasteiger partial charge on any atom is -0.489 e. The number of thioether (sulfide) groups is 1. The number of benzene rings is 2. The molecule has 35 heavy (non-hydrogen) atoms. The molecule has 4 rings (SSSR count). The number of amides is 2. The van der Waals surface area contributed by atoms with Crippen LogP contribution in [0.3, 0.4) is 0 Å². The maximum Gasteiger partial charge on any atom is 0.293 e. The molecule has 0 unspecified atom stereocenters. The van der Waals surface area contributed by atoms with Crippen LogP contribution in [-0.2, 0) is 16.1 Å². The van der Waals surface area contributed by atoms with E-state index in [0.717, 1.165) is 34.4 Å². The first-order valence-electron chi connectivity index (χ1n) is 11.3. The summed E-state index contributed by atoms with van der Waals surface area (Å²) < 4.78 is 26.7. The lowest BCUT2D eigenvalue weighted by atomic mass is 10.2. The Labute approximate surface area is 208 Å². The number of ether oxygens (including phenoxy) is 2. The second-order valence-electron chi connectivity index (χ2n) is 8.22. The summed E-state index contributed by atoms with van der Waals surface area (Å²) >= 11 is 0.966. The fraction of sp³-hybridized carbons (Fsp3) is 0.259. The summed E-state index contributed by atoms with van der Waals surface area (Å²) in [6.45, 7) is 4.96. The fourth-order valence-electron chi connectivity index (χ4n) is 4.00. The van der Waals surface area contributed by atoms with E-state index in [2.05, 4.69) is 4.57 Å². The van der Waals surface area contributed by atoms with Crippen molar-refractivity contribution >= 4 is 29.0 Å². The molecule has 1 fully saturated rings. The van der Waals surface area contributed by atoms with Gasteiger partial charge in [-0.25, -0.2) is 4.39 Å². The molecule has 0 atom stereocenters. The minimum atomic E-state index is -0.289. The van der Waals surface area contributed by atoms with Crippen molar-refractivity contribution in [3.05, 3.63) is 87.8 Å². The van der Waals surface area contributed by atoms with Crippen LogP contribution in [0.1, 0.15) is 28.9 Å². The molecule has 1 aromatic heterocycles. The van der Waals surface area contributed by atoms with Crippen LogP contribution in [0.25, 0.3) is 11.8 Å². The quantitative estimate of drug-likeness (QED) is 0.274. The fourth-order valence-corrected chi connectivity index (χ4v) is 4.86. The average molecular weight is 495 g/mol. The Morgan fingerprint density at radius 2 is 1.80 bits per heavy atom. The van der Waals surface area contributed by atoms with E-state index in [4.69, 9.17) is 9.47 Å². The van der Waals surface area contributed by atoms with Crippen molar-refractivity contribution in [1.29, 1.82) is 0 Å². The molecular weight excluding hydrogens is 467 g/mol. The number of imide groups is 1. The lowest BCUT2D eigenvalue weighted by Gasteiger charge is -2.12. The van der Waals surface area contributed by atoms with E-state index >= 15 is 0 Å². The highest BCUT2D eigenvalue weighted by Crippen LogP contribution is 2.34. The topological polar surface area (TPSA) is 60.8 Å². The lowest BCUT2D eigenvalue weighted by Crippen LogP contribution is -2.29. The van der Waals surface area contributed by atoms with Gasteiger partial charge in [0.2, 0.25) is 0 Å². The molecule has 0 aliphatic carbocycles. The maximum absolute atomic E-state index is 13.8. The van der Waals surface area contributed by atoms with Crippen molar-refractivity contribution in [2.75, 3.05) is 20.3 Å². The van der Waals surface area contributed by atoms with E-state index in [-0.39, 0.29) is 23.6 Å². The highest BCUT2D eigenvalue weighted by atomic mass is 32.2. The largest absolute Gasteiger partial charge is 0.489 e. The average Bonchev–Trinajstić information content (AvgIpc) is 3.28. The summed E-state index contributed by atoms with van der Waals surface area (Å²) in [4.78, 5) is 26.7. The highest BCUT2D eigenvalue weighted by molar-refractivity contribution is 8.18. The van der Waals surface area contributed by atoms with Crippen LogP contribution in [0.15, 0.2) is 59.5 Å². The van der Waals surface area contributed by atoms with Crippen LogP contribution >= 0.6 is 11.8 Å². The van der Waals surface area contributed by atoms with Gasteiger partial charge in [0.05, 0.1) is 4.91 Å². The number of halogens is 1. The van der Waals surface area contributed by atoms with Gasteiger partial charge in [-0.2, -0.15) is 0 Å². The van der Waals surface area contributed by atoms with E-state index < -0.39 is 0 Å². The molecule has 182 valence electrons. The first-order chi connectivity index (χ1) is 16.9. The van der Waals surface area contributed by atoms with Gasteiger partial charge in [-0.3, -0.25) is 14.5 Å². The highest BCUT2D eigenvalue weighted by Gasteiger charge is 2.34. The zero-order valence-electron chi connectivity index (χ0n) is 19.9. The Morgan fingerprint density at radius 1 is 1.06 bits per heavy atom. The molecule has 8 heteroatoms. The van der Waals surface area contributed by atoms with E-state index in [1.54, 1.807) is 31.4 Å². The number of hydrogen-bond acceptors (Lipinski definition) is 5. The van der Waals surface area contributed by atoms with Gasteiger partial charge in [-0.15, -0.1) is 0 Å². The van der Waals surface area contributed by atoms with Crippen molar-refractivity contribution in [3.8, 4) is 11.4 Å². The molecule has 0 spiro atoms. The Morgan fingerprint density at radius 3 is 2.51 bits per heavy atom. The minimum absolute atomic E-state index is 0.151. The van der Waals surface area contributed by atoms with Crippen LogP contribution in [0, 0.1) is 19.7 Å². The van der Waals surface area contributed by atoms with Gasteiger partial charge in [-0.05, 0) is 80.1 Å². The van der Waals surface area contributed by atoms with Gasteiger partial charge in [0.1, 0.15) is 18.2 Å². The number of carbonyl (C=O) groups excluding carboxylic acids is 2. The zero-order chi connectivity index (χ0) is 24.9. The molecule has 0 bridgehead atoms. The Hall–Kier alpha value is -3.36. The second-order valence-corrected chi connectivity index (χ2v) is 9.21. The van der Waals surface area contributed by atoms with Gasteiger partial charge < -0.3 is 14.0 Å². The SMILES string of the molecule is COCCCN1C(=O)S/C(=C/c2cc(C)n(-c3ccc(OCc4ccccc4F)cc3)c2C)C1=O.